The predicted molar refractivity (Wildman–Crippen MR) is 170 cm³/mol. The van der Waals surface area contributed by atoms with Crippen LogP contribution in [0.1, 0.15) is 123 Å². The van der Waals surface area contributed by atoms with Crippen LogP contribution in [0.25, 0.3) is 5.57 Å². The third-order valence-corrected chi connectivity index (χ3v) is 10.1. The molecule has 46 heavy (non-hydrogen) atoms. The van der Waals surface area contributed by atoms with E-state index in [2.05, 4.69) is 0 Å². The van der Waals surface area contributed by atoms with Crippen LogP contribution in [-0.2, 0) is 5.41 Å². The summed E-state index contributed by atoms with van der Waals surface area (Å²) in [5.74, 6) is -2.85. The fourth-order valence-corrected chi connectivity index (χ4v) is 8.17. The standard InChI is InChI=1S/C38H30O8/c1-14-7-8-22-32(34(14)43)37(46)30-17(4)28(19(6)40)26(42)13-24(30)38(22)10-9-20-21-12-25(41)27(18(5)39)16(3)29(21)36(45)33-31(20)23(38)11-15(2)35(33)44/h7-9,11-13,41-44H,10H2,1-6H3. The van der Waals surface area contributed by atoms with Crippen LogP contribution in [0.5, 0.6) is 23.0 Å². The van der Waals surface area contributed by atoms with Crippen molar-refractivity contribution in [1.29, 1.82) is 0 Å². The van der Waals surface area contributed by atoms with Crippen molar-refractivity contribution in [2.24, 2.45) is 0 Å². The highest BCUT2D eigenvalue weighted by Gasteiger charge is 2.52. The van der Waals surface area contributed by atoms with Gasteiger partial charge < -0.3 is 20.4 Å². The molecule has 4 aromatic carbocycles. The highest BCUT2D eigenvalue weighted by atomic mass is 16.3. The number of hydrogen-bond donors (Lipinski definition) is 4. The molecule has 0 saturated carbocycles. The first-order chi connectivity index (χ1) is 21.6. The zero-order valence-corrected chi connectivity index (χ0v) is 26.1. The molecule has 0 aliphatic heterocycles. The minimum Gasteiger partial charge on any atom is -0.507 e. The van der Waals surface area contributed by atoms with E-state index in [1.54, 1.807) is 45.9 Å². The molecule has 1 unspecified atom stereocenters. The molecule has 1 atom stereocenters. The third-order valence-electron chi connectivity index (χ3n) is 10.1. The van der Waals surface area contributed by atoms with Crippen LogP contribution in [-0.4, -0.2) is 43.6 Å². The number of allylic oxidation sites excluding steroid dienone is 1. The average molecular weight is 615 g/mol. The minimum absolute atomic E-state index is 0.00475. The Kier molecular flexibility index (Phi) is 5.89. The fraction of sp³-hybridized carbons (Fsp3) is 0.211. The van der Waals surface area contributed by atoms with E-state index in [-0.39, 0.29) is 68.4 Å². The van der Waals surface area contributed by atoms with Crippen LogP contribution in [0, 0.1) is 27.7 Å². The molecule has 1 spiro atoms. The van der Waals surface area contributed by atoms with Crippen molar-refractivity contribution in [3.05, 3.63) is 120 Å². The van der Waals surface area contributed by atoms with Gasteiger partial charge in [0.05, 0.1) is 27.7 Å². The second kappa shape index (κ2) is 9.26. The second-order valence-electron chi connectivity index (χ2n) is 12.6. The van der Waals surface area contributed by atoms with Gasteiger partial charge in [-0.2, -0.15) is 0 Å². The molecule has 0 saturated heterocycles. The first kappa shape index (κ1) is 29.2. The maximum absolute atomic E-state index is 14.4. The quantitative estimate of drug-likeness (QED) is 0.167. The molecule has 230 valence electrons. The van der Waals surface area contributed by atoms with Crippen LogP contribution < -0.4 is 0 Å². The minimum atomic E-state index is -1.25. The van der Waals surface area contributed by atoms with Gasteiger partial charge in [-0.3, -0.25) is 19.2 Å². The molecule has 3 aliphatic rings. The summed E-state index contributed by atoms with van der Waals surface area (Å²) in [4.78, 5) is 53.9. The van der Waals surface area contributed by atoms with Gasteiger partial charge in [0.15, 0.2) is 23.1 Å². The molecule has 8 nitrogen and oxygen atoms in total. The van der Waals surface area contributed by atoms with Crippen molar-refractivity contribution in [3.63, 3.8) is 0 Å². The Hall–Kier alpha value is -5.50. The Morgan fingerprint density at radius 3 is 1.80 bits per heavy atom. The lowest BCUT2D eigenvalue weighted by Gasteiger charge is -2.46. The number of rotatable bonds is 2. The number of benzene rings is 4. The van der Waals surface area contributed by atoms with Crippen LogP contribution in [0.4, 0.5) is 0 Å². The maximum Gasteiger partial charge on any atom is 0.198 e. The van der Waals surface area contributed by atoms with Gasteiger partial charge in [-0.05, 0) is 110 Å². The van der Waals surface area contributed by atoms with E-state index in [1.807, 2.05) is 6.08 Å². The molecule has 8 heteroatoms. The zero-order valence-electron chi connectivity index (χ0n) is 26.1. The lowest BCUT2D eigenvalue weighted by atomic mass is 9.55. The highest BCUT2D eigenvalue weighted by molar-refractivity contribution is 6.24. The summed E-state index contributed by atoms with van der Waals surface area (Å²) in [6, 6.07) is 8.05. The van der Waals surface area contributed by atoms with E-state index in [0.29, 0.717) is 50.1 Å². The van der Waals surface area contributed by atoms with E-state index >= 15 is 0 Å². The summed E-state index contributed by atoms with van der Waals surface area (Å²) in [5, 5.41) is 45.0. The van der Waals surface area contributed by atoms with Crippen molar-refractivity contribution in [2.75, 3.05) is 0 Å². The maximum atomic E-state index is 14.4. The van der Waals surface area contributed by atoms with Crippen molar-refractivity contribution in [3.8, 4) is 23.0 Å². The van der Waals surface area contributed by atoms with Gasteiger partial charge >= 0.3 is 0 Å². The summed E-state index contributed by atoms with van der Waals surface area (Å²) < 4.78 is 0. The number of phenols is 4. The van der Waals surface area contributed by atoms with Gasteiger partial charge in [-0.1, -0.05) is 24.3 Å². The van der Waals surface area contributed by atoms with Gasteiger partial charge in [0.2, 0.25) is 0 Å². The number of Topliss-reactive ketones (excluding diaryl/α,β-unsaturated/α-hetero) is 2. The van der Waals surface area contributed by atoms with Gasteiger partial charge in [-0.15, -0.1) is 0 Å². The fourth-order valence-electron chi connectivity index (χ4n) is 8.17. The van der Waals surface area contributed by atoms with Gasteiger partial charge in [-0.25, -0.2) is 0 Å². The van der Waals surface area contributed by atoms with Crippen LogP contribution in [0.2, 0.25) is 0 Å². The summed E-state index contributed by atoms with van der Waals surface area (Å²) in [6.45, 7) is 9.15. The van der Waals surface area contributed by atoms with E-state index in [9.17, 15) is 39.6 Å². The third kappa shape index (κ3) is 3.33. The van der Waals surface area contributed by atoms with Crippen molar-refractivity contribution < 1.29 is 39.6 Å². The molecule has 0 heterocycles. The number of aromatic hydroxyl groups is 4. The number of carbonyl (C=O) groups excluding carboxylic acids is 4. The molecule has 0 fully saturated rings. The number of hydrogen-bond acceptors (Lipinski definition) is 8. The Bertz CT molecular complexity index is 2250. The Labute approximate surface area is 264 Å². The monoisotopic (exact) mass is 614 g/mol. The molecule has 4 aromatic rings. The van der Waals surface area contributed by atoms with Crippen molar-refractivity contribution >= 4 is 28.7 Å². The van der Waals surface area contributed by atoms with Crippen LogP contribution in [0.15, 0.2) is 36.4 Å². The number of ketones is 4. The first-order valence-electron chi connectivity index (χ1n) is 14.9. The summed E-state index contributed by atoms with van der Waals surface area (Å²) in [6.07, 6.45) is 2.05. The Morgan fingerprint density at radius 1 is 0.630 bits per heavy atom. The van der Waals surface area contributed by atoms with Gasteiger partial charge in [0.25, 0.3) is 0 Å². The lowest BCUT2D eigenvalue weighted by Crippen LogP contribution is -2.41. The summed E-state index contributed by atoms with van der Waals surface area (Å²) >= 11 is 0. The molecular formula is C38H30O8. The van der Waals surface area contributed by atoms with Crippen molar-refractivity contribution in [2.45, 2.75) is 53.4 Å². The largest absolute Gasteiger partial charge is 0.507 e. The molecule has 0 aromatic heterocycles. The van der Waals surface area contributed by atoms with E-state index in [0.717, 1.165) is 0 Å². The molecule has 0 bridgehead atoms. The van der Waals surface area contributed by atoms with E-state index in [1.165, 1.54) is 26.0 Å². The molecule has 0 radical (unpaired) electrons. The lowest BCUT2D eigenvalue weighted by molar-refractivity contribution is 0.0997. The zero-order chi connectivity index (χ0) is 33.3. The summed E-state index contributed by atoms with van der Waals surface area (Å²) in [5.41, 5.74) is 3.45. The second-order valence-corrected chi connectivity index (χ2v) is 12.6. The number of fused-ring (bicyclic) bond motifs is 7. The molecule has 3 aliphatic carbocycles. The van der Waals surface area contributed by atoms with E-state index < -0.39 is 28.5 Å². The van der Waals surface area contributed by atoms with Crippen LogP contribution >= 0.6 is 0 Å². The van der Waals surface area contributed by atoms with Gasteiger partial charge in [0.1, 0.15) is 23.0 Å². The normalized spacial score (nSPS) is 17.2. The average Bonchev–Trinajstić information content (AvgIpc) is 2.96. The van der Waals surface area contributed by atoms with Crippen molar-refractivity contribution in [1.82, 2.24) is 0 Å². The summed E-state index contributed by atoms with van der Waals surface area (Å²) in [7, 11) is 0. The Balaban J connectivity index is 1.68. The number of phenolic OH excluding ortho intramolecular Hbond substituents is 4. The highest BCUT2D eigenvalue weighted by Crippen LogP contribution is 2.60. The molecule has 0 amide bonds. The molecule has 4 N–H and O–H groups in total. The number of aryl methyl sites for hydroxylation is 2. The number of carbonyl (C=O) groups is 4. The SMILES string of the molecule is CC(=O)c1c(O)cc2c(c1C)C(=O)c1c(O)c(C)cc3c1C2=CCC31c2cc(O)c(C(C)=O)c(C)c2C(=O)c2c1ccc(C)c2O. The predicted octanol–water partition coefficient (Wildman–Crippen LogP) is 6.41. The van der Waals surface area contributed by atoms with E-state index in [4.69, 9.17) is 0 Å². The smallest absolute Gasteiger partial charge is 0.198 e. The molecular weight excluding hydrogens is 584 g/mol. The van der Waals surface area contributed by atoms with Gasteiger partial charge in [0, 0.05) is 16.7 Å². The topological polar surface area (TPSA) is 149 Å². The molecule has 7 rings (SSSR count). The first-order valence-corrected chi connectivity index (χ1v) is 14.9. The van der Waals surface area contributed by atoms with Crippen LogP contribution in [0.3, 0.4) is 0 Å². The Morgan fingerprint density at radius 2 is 1.17 bits per heavy atom.